The molecule has 72 valence electrons. The number of hydrogen-bond donors (Lipinski definition) is 1. The third kappa shape index (κ3) is 0.845. The van der Waals surface area contributed by atoms with Crippen molar-refractivity contribution in [1.29, 1.82) is 0 Å². The Balaban J connectivity index is 2.20. The smallest absolute Gasteiger partial charge is 0.235 e. The lowest BCUT2D eigenvalue weighted by molar-refractivity contribution is -0.123. The summed E-state index contributed by atoms with van der Waals surface area (Å²) in [4.78, 5) is 11.8. The van der Waals surface area contributed by atoms with Gasteiger partial charge in [-0.25, -0.2) is 0 Å². The number of benzene rings is 1. The molecule has 1 spiro atoms. The van der Waals surface area contributed by atoms with Crippen LogP contribution in [0, 0.1) is 0 Å². The monoisotopic (exact) mass is 207 g/mol. The summed E-state index contributed by atoms with van der Waals surface area (Å²) < 4.78 is 0. The van der Waals surface area contributed by atoms with Crippen molar-refractivity contribution in [2.24, 2.45) is 0 Å². The Hall–Kier alpha value is -1.02. The third-order valence-electron chi connectivity index (χ3n) is 3.39. The third-order valence-corrected chi connectivity index (χ3v) is 3.62. The van der Waals surface area contributed by atoms with Gasteiger partial charge in [0.15, 0.2) is 0 Å². The van der Waals surface area contributed by atoms with Gasteiger partial charge in [-0.15, -0.1) is 0 Å². The fraction of sp³-hybridized carbons (Fsp3) is 0.364. The predicted molar refractivity (Wildman–Crippen MR) is 55.6 cm³/mol. The van der Waals surface area contributed by atoms with Gasteiger partial charge in [0.2, 0.25) is 5.91 Å². The Bertz CT molecular complexity index is 423. The molecular weight excluding hydrogens is 198 g/mol. The van der Waals surface area contributed by atoms with E-state index in [1.54, 1.807) is 0 Å². The van der Waals surface area contributed by atoms with Crippen LogP contribution in [0.15, 0.2) is 18.2 Å². The van der Waals surface area contributed by atoms with E-state index in [0.29, 0.717) is 5.02 Å². The van der Waals surface area contributed by atoms with Gasteiger partial charge in [0.25, 0.3) is 0 Å². The average molecular weight is 208 g/mol. The molecule has 3 rings (SSSR count). The van der Waals surface area contributed by atoms with E-state index < -0.39 is 0 Å². The molecule has 14 heavy (non-hydrogen) atoms. The molecule has 1 aromatic rings. The minimum atomic E-state index is -0.236. The highest BCUT2D eigenvalue weighted by atomic mass is 35.5. The number of halogens is 1. The molecule has 0 aromatic heterocycles. The number of fused-ring (bicyclic) bond motifs is 2. The van der Waals surface area contributed by atoms with Crippen molar-refractivity contribution in [2.75, 3.05) is 5.32 Å². The molecule has 0 saturated heterocycles. The summed E-state index contributed by atoms with van der Waals surface area (Å²) in [6, 6.07) is 5.63. The minimum absolute atomic E-state index is 0.154. The van der Waals surface area contributed by atoms with Gasteiger partial charge in [0.1, 0.15) is 0 Å². The van der Waals surface area contributed by atoms with Crippen molar-refractivity contribution in [3.8, 4) is 0 Å². The van der Waals surface area contributed by atoms with Crippen molar-refractivity contribution in [1.82, 2.24) is 0 Å². The van der Waals surface area contributed by atoms with E-state index in [0.717, 1.165) is 30.5 Å². The van der Waals surface area contributed by atoms with Crippen LogP contribution >= 0.6 is 11.6 Å². The summed E-state index contributed by atoms with van der Waals surface area (Å²) in [5, 5.41) is 3.63. The van der Waals surface area contributed by atoms with Gasteiger partial charge in [-0.2, -0.15) is 0 Å². The molecule has 1 fully saturated rings. The van der Waals surface area contributed by atoms with E-state index >= 15 is 0 Å². The zero-order chi connectivity index (χ0) is 9.76. The first-order valence-corrected chi connectivity index (χ1v) is 5.22. The second-order valence-corrected chi connectivity index (χ2v) is 4.52. The number of carbonyl (C=O) groups excluding carboxylic acids is 1. The first-order chi connectivity index (χ1) is 6.72. The van der Waals surface area contributed by atoms with Crippen LogP contribution in [-0.2, 0) is 10.2 Å². The van der Waals surface area contributed by atoms with Crippen LogP contribution in [0.5, 0.6) is 0 Å². The molecule has 2 nitrogen and oxygen atoms in total. The van der Waals surface area contributed by atoms with Crippen LogP contribution < -0.4 is 5.32 Å². The van der Waals surface area contributed by atoms with Crippen LogP contribution in [0.25, 0.3) is 0 Å². The molecule has 1 saturated carbocycles. The maximum Gasteiger partial charge on any atom is 0.235 e. The quantitative estimate of drug-likeness (QED) is 0.697. The molecule has 1 aromatic carbocycles. The molecule has 0 radical (unpaired) electrons. The van der Waals surface area contributed by atoms with E-state index in [1.165, 1.54) is 0 Å². The fourth-order valence-electron chi connectivity index (χ4n) is 2.41. The SMILES string of the molecule is O=C1Nc2ccc(Cl)cc2C12CCC2. The number of carbonyl (C=O) groups is 1. The Morgan fingerprint density at radius 1 is 1.36 bits per heavy atom. The van der Waals surface area contributed by atoms with Gasteiger partial charge in [-0.1, -0.05) is 18.0 Å². The number of anilines is 1. The Morgan fingerprint density at radius 2 is 2.14 bits per heavy atom. The van der Waals surface area contributed by atoms with Gasteiger partial charge in [-0.3, -0.25) is 4.79 Å². The lowest BCUT2D eigenvalue weighted by Crippen LogP contribution is -2.40. The summed E-state index contributed by atoms with van der Waals surface area (Å²) in [7, 11) is 0. The molecule has 1 heterocycles. The van der Waals surface area contributed by atoms with Gasteiger partial charge >= 0.3 is 0 Å². The molecule has 3 heteroatoms. The van der Waals surface area contributed by atoms with Crippen molar-refractivity contribution in [2.45, 2.75) is 24.7 Å². The van der Waals surface area contributed by atoms with Crippen LogP contribution in [-0.4, -0.2) is 5.91 Å². The molecule has 0 bridgehead atoms. The van der Waals surface area contributed by atoms with Gasteiger partial charge in [0, 0.05) is 10.7 Å². The number of nitrogens with one attached hydrogen (secondary N) is 1. The zero-order valence-electron chi connectivity index (χ0n) is 7.64. The van der Waals surface area contributed by atoms with E-state index in [-0.39, 0.29) is 11.3 Å². The van der Waals surface area contributed by atoms with Crippen LogP contribution in [0.3, 0.4) is 0 Å². The van der Waals surface area contributed by atoms with Crippen molar-refractivity contribution >= 4 is 23.2 Å². The first-order valence-electron chi connectivity index (χ1n) is 4.84. The second kappa shape index (κ2) is 2.51. The standard InChI is InChI=1S/C11H10ClNO/c12-7-2-3-9-8(6-7)11(4-1-5-11)10(14)13-9/h2-3,6H,1,4-5H2,(H,13,14). The first kappa shape index (κ1) is 8.30. The van der Waals surface area contributed by atoms with Crippen molar-refractivity contribution in [3.63, 3.8) is 0 Å². The summed E-state index contributed by atoms with van der Waals surface area (Å²) in [6.45, 7) is 0. The molecule has 1 amide bonds. The molecule has 0 atom stereocenters. The molecular formula is C11H10ClNO. The average Bonchev–Trinajstić information content (AvgIpc) is 2.35. The maximum atomic E-state index is 11.8. The Kier molecular flexibility index (Phi) is 1.49. The Morgan fingerprint density at radius 3 is 2.79 bits per heavy atom. The van der Waals surface area contributed by atoms with E-state index in [9.17, 15) is 4.79 Å². The fourth-order valence-corrected chi connectivity index (χ4v) is 2.58. The summed E-state index contributed by atoms with van der Waals surface area (Å²) >= 11 is 5.94. The maximum absolute atomic E-state index is 11.8. The molecule has 1 aliphatic carbocycles. The highest BCUT2D eigenvalue weighted by Gasteiger charge is 2.50. The normalized spacial score (nSPS) is 21.6. The molecule has 0 unspecified atom stereocenters. The van der Waals surface area contributed by atoms with Gasteiger partial charge in [0.05, 0.1) is 5.41 Å². The summed E-state index contributed by atoms with van der Waals surface area (Å²) in [5.74, 6) is 0.154. The van der Waals surface area contributed by atoms with E-state index in [1.807, 2.05) is 18.2 Å². The number of hydrogen-bond acceptors (Lipinski definition) is 1. The molecule has 2 aliphatic rings. The highest BCUT2D eigenvalue weighted by Crippen LogP contribution is 2.51. The van der Waals surface area contributed by atoms with Crippen molar-refractivity contribution < 1.29 is 4.79 Å². The second-order valence-electron chi connectivity index (χ2n) is 4.08. The van der Waals surface area contributed by atoms with Gasteiger partial charge in [-0.05, 0) is 36.6 Å². The van der Waals surface area contributed by atoms with E-state index in [2.05, 4.69) is 5.32 Å². The summed E-state index contributed by atoms with van der Waals surface area (Å²) in [6.07, 6.45) is 3.07. The van der Waals surface area contributed by atoms with Crippen LogP contribution in [0.2, 0.25) is 5.02 Å². The predicted octanol–water partition coefficient (Wildman–Crippen LogP) is 2.71. The molecule has 1 N–H and O–H groups in total. The minimum Gasteiger partial charge on any atom is -0.325 e. The topological polar surface area (TPSA) is 29.1 Å². The van der Waals surface area contributed by atoms with E-state index in [4.69, 9.17) is 11.6 Å². The molecule has 1 aliphatic heterocycles. The lowest BCUT2D eigenvalue weighted by Gasteiger charge is -2.36. The van der Waals surface area contributed by atoms with Crippen LogP contribution in [0.1, 0.15) is 24.8 Å². The number of rotatable bonds is 0. The van der Waals surface area contributed by atoms with Crippen LogP contribution in [0.4, 0.5) is 5.69 Å². The summed E-state index contributed by atoms with van der Waals surface area (Å²) in [5.41, 5.74) is 1.81. The highest BCUT2D eigenvalue weighted by molar-refractivity contribution is 6.31. The lowest BCUT2D eigenvalue weighted by atomic mass is 9.65. The zero-order valence-corrected chi connectivity index (χ0v) is 8.40. The Labute approximate surface area is 87.3 Å². The number of amides is 1. The van der Waals surface area contributed by atoms with Gasteiger partial charge < -0.3 is 5.32 Å². The largest absolute Gasteiger partial charge is 0.325 e. The van der Waals surface area contributed by atoms with Crippen molar-refractivity contribution in [3.05, 3.63) is 28.8 Å².